The van der Waals surface area contributed by atoms with Gasteiger partial charge in [0, 0.05) is 104 Å². The fourth-order valence-electron chi connectivity index (χ4n) is 10.7. The predicted molar refractivity (Wildman–Crippen MR) is 341 cm³/mol. The summed E-state index contributed by atoms with van der Waals surface area (Å²) in [5, 5.41) is 43.6. The number of rotatable bonds is 52. The van der Waals surface area contributed by atoms with Crippen LogP contribution in [0, 0.1) is 5.92 Å². The highest BCUT2D eigenvalue weighted by molar-refractivity contribution is 8.00. The third kappa shape index (κ3) is 29.0. The molecule has 0 aliphatic carbocycles. The Morgan fingerprint density at radius 3 is 2.04 bits per heavy atom. The molecule has 2 aromatic rings. The van der Waals surface area contributed by atoms with Crippen LogP contribution in [-0.4, -0.2) is 218 Å². The van der Waals surface area contributed by atoms with E-state index in [-0.39, 0.29) is 123 Å². The third-order valence-corrected chi connectivity index (χ3v) is 17.2. The first-order valence-corrected chi connectivity index (χ1v) is 33.0. The number of carbonyl (C=O) groups excluding carboxylic acids is 11. The van der Waals surface area contributed by atoms with Crippen LogP contribution < -0.4 is 48.3 Å². The summed E-state index contributed by atoms with van der Waals surface area (Å²) < 4.78 is 21.6. The van der Waals surface area contributed by atoms with Crippen LogP contribution in [0.15, 0.2) is 54.9 Å². The molecule has 2 saturated heterocycles. The van der Waals surface area contributed by atoms with Gasteiger partial charge in [-0.05, 0) is 88.7 Å². The van der Waals surface area contributed by atoms with Gasteiger partial charge in [-0.3, -0.25) is 57.6 Å². The maximum absolute atomic E-state index is 13.9. The molecule has 4 heterocycles. The molecule has 5 rings (SSSR count). The number of aromatic nitrogens is 1. The van der Waals surface area contributed by atoms with E-state index in [9.17, 15) is 67.7 Å². The lowest BCUT2D eigenvalue weighted by atomic mass is 9.92. The van der Waals surface area contributed by atoms with E-state index in [4.69, 9.17) is 24.7 Å². The molecule has 0 spiro atoms. The van der Waals surface area contributed by atoms with Crippen molar-refractivity contribution in [2.75, 3.05) is 91.4 Å². The average molecular weight is 1320 g/mol. The number of amides is 10. The van der Waals surface area contributed by atoms with Crippen molar-refractivity contribution < 1.29 is 86.7 Å². The van der Waals surface area contributed by atoms with E-state index in [1.807, 2.05) is 42.2 Å². The largest absolute Gasteiger partial charge is 0.481 e. The van der Waals surface area contributed by atoms with Crippen molar-refractivity contribution in [3.63, 3.8) is 0 Å². The first kappa shape index (κ1) is 75.9. The summed E-state index contributed by atoms with van der Waals surface area (Å²) in [6.45, 7) is 4.21. The van der Waals surface area contributed by atoms with Crippen LogP contribution in [0.3, 0.4) is 0 Å². The van der Waals surface area contributed by atoms with Gasteiger partial charge in [0.2, 0.25) is 35.4 Å². The number of allylic oxidation sites excluding steroid dienone is 1. The summed E-state index contributed by atoms with van der Waals surface area (Å²) in [5.41, 5.74) is 8.44. The summed E-state index contributed by atoms with van der Waals surface area (Å²) in [7, 11) is 0. The molecule has 514 valence electrons. The predicted octanol–water partition coefficient (Wildman–Crippen LogP) is 0.606. The van der Waals surface area contributed by atoms with Crippen molar-refractivity contribution in [3.05, 3.63) is 60.5 Å². The maximum atomic E-state index is 13.9. The number of aromatic amines is 1. The number of thioether (sulfide) groups is 1. The van der Waals surface area contributed by atoms with E-state index < -0.39 is 108 Å². The second-order valence-electron chi connectivity index (χ2n) is 23.0. The molecule has 93 heavy (non-hydrogen) atoms. The van der Waals surface area contributed by atoms with Gasteiger partial charge in [-0.25, -0.2) is 4.79 Å². The van der Waals surface area contributed by atoms with E-state index >= 15 is 0 Å². The van der Waals surface area contributed by atoms with Crippen LogP contribution in [0.25, 0.3) is 10.9 Å². The van der Waals surface area contributed by atoms with Gasteiger partial charge in [0.25, 0.3) is 11.8 Å². The number of Topliss-reactive ketones (excluding diaryl/α,β-unsaturated/α-hetero) is 2. The molecule has 0 radical (unpaired) electrons. The molecule has 7 unspecified atom stereocenters. The van der Waals surface area contributed by atoms with E-state index in [1.165, 1.54) is 0 Å². The van der Waals surface area contributed by atoms with Gasteiger partial charge in [-0.15, -0.1) is 0 Å². The van der Waals surface area contributed by atoms with E-state index in [2.05, 4.69) is 54.1 Å². The SMILES string of the molecule is C=C(CCCCC1SCC2NC(=O)NC21)NCCCCC(NC(=O)COCCOCCNC(=O)COCCOCCCC(=O)C(CO)NC(=O)C(CC(=O)O)CC(=O)C(CCCCNC(=O)CCN1C(=O)C=CC1=O)NC(=O)CCCc1c[nH]c2ccccc12)C(N)=O. The minimum atomic E-state index is -1.48. The number of urea groups is 1. The van der Waals surface area contributed by atoms with Gasteiger partial charge >= 0.3 is 12.0 Å². The number of carboxylic acids is 1. The number of hydrogen-bond donors (Lipinski definition) is 12. The fraction of sp³-hybridized carbons (Fsp3) is 0.619. The van der Waals surface area contributed by atoms with Crippen LogP contribution in [0.5, 0.6) is 0 Å². The maximum Gasteiger partial charge on any atom is 0.315 e. The number of fused-ring (bicyclic) bond motifs is 2. The minimum absolute atomic E-state index is 0.0447. The van der Waals surface area contributed by atoms with Crippen molar-refractivity contribution in [1.82, 2.24) is 52.4 Å². The number of nitrogens with one attached hydrogen (secondary N) is 9. The number of benzene rings is 1. The summed E-state index contributed by atoms with van der Waals surface area (Å²) in [4.78, 5) is 154. The lowest BCUT2D eigenvalue weighted by Crippen LogP contribution is -2.48. The monoisotopic (exact) mass is 1320 g/mol. The zero-order valence-electron chi connectivity index (χ0n) is 52.8. The highest BCUT2D eigenvalue weighted by Crippen LogP contribution is 2.33. The summed E-state index contributed by atoms with van der Waals surface area (Å²) in [6, 6.07) is 4.66. The van der Waals surface area contributed by atoms with E-state index in [1.54, 1.807) is 0 Å². The average Bonchev–Trinajstić information content (AvgIpc) is 1.70. The Balaban J connectivity index is 0.882. The first-order valence-electron chi connectivity index (χ1n) is 31.9. The molecule has 7 atom stereocenters. The molecule has 3 aliphatic rings. The van der Waals surface area contributed by atoms with Crippen LogP contribution >= 0.6 is 11.8 Å². The molecular formula is C63H93N11O18S. The molecule has 2 fully saturated rings. The molecule has 1 aromatic heterocycles. The minimum Gasteiger partial charge on any atom is -0.481 e. The van der Waals surface area contributed by atoms with Crippen molar-refractivity contribution in [1.29, 1.82) is 0 Å². The van der Waals surface area contributed by atoms with Crippen molar-refractivity contribution in [2.24, 2.45) is 11.7 Å². The number of imide groups is 1. The highest BCUT2D eigenvalue weighted by atomic mass is 32.2. The number of aliphatic hydroxyl groups is 1. The number of nitrogens with two attached hydrogens (primary N) is 1. The van der Waals surface area contributed by atoms with Crippen molar-refractivity contribution >= 4 is 93.5 Å². The number of nitrogens with zero attached hydrogens (tertiary/aromatic N) is 1. The lowest BCUT2D eigenvalue weighted by Gasteiger charge is -2.23. The molecule has 29 nitrogen and oxygen atoms in total. The van der Waals surface area contributed by atoms with Crippen molar-refractivity contribution in [3.8, 4) is 0 Å². The van der Waals surface area contributed by atoms with Gasteiger partial charge in [-0.1, -0.05) is 31.2 Å². The smallest absolute Gasteiger partial charge is 0.315 e. The van der Waals surface area contributed by atoms with Gasteiger partial charge in [0.05, 0.1) is 70.1 Å². The number of unbranched alkanes of at least 4 members (excludes halogenated alkanes) is 3. The van der Waals surface area contributed by atoms with Crippen molar-refractivity contribution in [2.45, 2.75) is 151 Å². The summed E-state index contributed by atoms with van der Waals surface area (Å²) >= 11 is 1.90. The van der Waals surface area contributed by atoms with Crippen LogP contribution in [-0.2, 0) is 78.1 Å². The standard InChI is InChI=1S/C63H93N11O18S/c1-41(12-2-5-19-52-60-49(40-93-52)72-63(88)73-60)65-24-8-7-17-47(61(64)86)70-56(81)39-92-33-31-90-29-26-67-55(80)38-91-32-30-89-28-11-18-50(76)48(37-75)71-62(87)43(35-59(84)85)34-51(77)46(16-6-9-25-66-53(78)23-27-74-57(82)21-22-58(74)83)69-54(79)20-10-13-42-36-68-45-15-4-3-14-44(42)45/h3-4,14-15,21-22,36,43,46-49,52,60,65,68,75H,1-2,5-13,16-20,23-35,37-40H2,(H2,64,86)(H,66,78)(H,67,80)(H,69,79)(H,70,81)(H,71,87)(H,84,85)(H2,72,73,88). The van der Waals surface area contributed by atoms with E-state index in [0.29, 0.717) is 50.3 Å². The Hall–Kier alpha value is -7.77. The Morgan fingerprint density at radius 1 is 0.656 bits per heavy atom. The quantitative estimate of drug-likeness (QED) is 0.0245. The second-order valence-corrected chi connectivity index (χ2v) is 24.2. The van der Waals surface area contributed by atoms with Gasteiger partial charge in [0.15, 0.2) is 11.6 Å². The van der Waals surface area contributed by atoms with Gasteiger partial charge in [0.1, 0.15) is 25.3 Å². The number of carbonyl (C=O) groups is 12. The van der Waals surface area contributed by atoms with E-state index in [0.717, 1.165) is 77.1 Å². The number of carboxylic acid groups (broad SMARTS) is 1. The number of aliphatic hydroxyl groups excluding tert-OH is 1. The van der Waals surface area contributed by atoms with Gasteiger partial charge < -0.3 is 82.4 Å². The summed E-state index contributed by atoms with van der Waals surface area (Å²) in [6.07, 6.45) is 10.1. The molecule has 3 aliphatic heterocycles. The zero-order valence-corrected chi connectivity index (χ0v) is 53.6. The zero-order chi connectivity index (χ0) is 67.3. The highest BCUT2D eigenvalue weighted by Gasteiger charge is 2.42. The summed E-state index contributed by atoms with van der Waals surface area (Å²) in [5.74, 6) is -7.54. The second kappa shape index (κ2) is 42.5. The van der Waals surface area contributed by atoms with Gasteiger partial charge in [-0.2, -0.15) is 11.8 Å². The van der Waals surface area contributed by atoms with Crippen LogP contribution in [0.1, 0.15) is 115 Å². The Kier molecular flexibility index (Phi) is 34.7. The number of ketones is 2. The molecule has 0 bridgehead atoms. The number of aliphatic carboxylic acids is 1. The van der Waals surface area contributed by atoms with Crippen LogP contribution in [0.2, 0.25) is 0 Å². The number of primary amides is 1. The molecule has 0 saturated carbocycles. The molecule has 1 aromatic carbocycles. The Bertz CT molecular complexity index is 2850. The Labute approximate surface area is 545 Å². The molecule has 30 heteroatoms. The lowest BCUT2D eigenvalue weighted by molar-refractivity contribution is -0.143. The normalized spacial score (nSPS) is 17.0. The first-order chi connectivity index (χ1) is 44.8. The topological polar surface area (TPSA) is 424 Å². The number of para-hydroxylation sites is 1. The third-order valence-electron chi connectivity index (χ3n) is 15.7. The molecule has 13 N–H and O–H groups in total. The molecule has 10 amide bonds. The van der Waals surface area contributed by atoms with Crippen LogP contribution in [0.4, 0.5) is 4.79 Å². The molecular weight excluding hydrogens is 1230 g/mol. The number of ether oxygens (including phenoxy) is 4. The number of aryl methyl sites for hydroxylation is 1. The number of H-pyrrole nitrogens is 1. The number of hydrogen-bond acceptors (Lipinski definition) is 19. The Morgan fingerprint density at radius 2 is 1.32 bits per heavy atom. The fourth-order valence-corrected chi connectivity index (χ4v) is 12.2.